The third-order valence-electron chi connectivity index (χ3n) is 6.04. The summed E-state index contributed by atoms with van der Waals surface area (Å²) in [6.07, 6.45) is -0.530. The van der Waals surface area contributed by atoms with Gasteiger partial charge >= 0.3 is 5.97 Å². The van der Waals surface area contributed by atoms with Gasteiger partial charge in [-0.1, -0.05) is 19.1 Å². The number of fused-ring (bicyclic) bond motifs is 5. The van der Waals surface area contributed by atoms with Gasteiger partial charge in [0.05, 0.1) is 35.1 Å². The topological polar surface area (TPSA) is 102 Å². The minimum absolute atomic E-state index is 0.109. The van der Waals surface area contributed by atoms with Gasteiger partial charge in [-0.15, -0.1) is 0 Å². The van der Waals surface area contributed by atoms with Crippen molar-refractivity contribution < 1.29 is 19.7 Å². The zero-order valence-electron chi connectivity index (χ0n) is 16.1. The van der Waals surface area contributed by atoms with E-state index >= 15 is 0 Å². The van der Waals surface area contributed by atoms with Crippen LogP contribution in [0.1, 0.15) is 48.6 Å². The van der Waals surface area contributed by atoms with Crippen LogP contribution in [0.5, 0.6) is 0 Å². The number of carbonyl (C=O) groups is 1. The molecule has 0 saturated carbocycles. The number of aliphatic hydroxyl groups is 2. The zero-order valence-corrected chi connectivity index (χ0v) is 16.1. The van der Waals surface area contributed by atoms with E-state index in [9.17, 15) is 19.8 Å². The molecule has 0 spiro atoms. The SMILES string of the molecule is CC[C@@]1(O)C(=O)OCc2c1cc1n(c2=O)Cc2cc3c(C(C)O)cccc3nc2-1. The Morgan fingerprint density at radius 2 is 2.10 bits per heavy atom. The summed E-state index contributed by atoms with van der Waals surface area (Å²) in [7, 11) is 0. The van der Waals surface area contributed by atoms with Gasteiger partial charge in [-0.2, -0.15) is 0 Å². The average Bonchev–Trinajstić information content (AvgIpc) is 3.07. The van der Waals surface area contributed by atoms with Crippen molar-refractivity contribution in [3.63, 3.8) is 0 Å². The van der Waals surface area contributed by atoms with Gasteiger partial charge < -0.3 is 19.5 Å². The summed E-state index contributed by atoms with van der Waals surface area (Å²) in [5, 5.41) is 21.8. The normalized spacial score (nSPS) is 20.8. The van der Waals surface area contributed by atoms with Crippen molar-refractivity contribution in [1.29, 1.82) is 0 Å². The first-order valence-electron chi connectivity index (χ1n) is 9.63. The van der Waals surface area contributed by atoms with E-state index in [-0.39, 0.29) is 18.6 Å². The maximum absolute atomic E-state index is 13.1. The van der Waals surface area contributed by atoms with Crippen molar-refractivity contribution in [2.75, 3.05) is 0 Å². The van der Waals surface area contributed by atoms with Crippen molar-refractivity contribution in [3.05, 3.63) is 62.9 Å². The number of benzene rings is 1. The number of ether oxygens (including phenoxy) is 1. The second-order valence-corrected chi connectivity index (χ2v) is 7.69. The van der Waals surface area contributed by atoms with Crippen molar-refractivity contribution in [1.82, 2.24) is 9.55 Å². The van der Waals surface area contributed by atoms with Gasteiger partial charge in [0.1, 0.15) is 6.61 Å². The van der Waals surface area contributed by atoms with Gasteiger partial charge in [0, 0.05) is 16.5 Å². The van der Waals surface area contributed by atoms with Crippen LogP contribution >= 0.6 is 0 Å². The second-order valence-electron chi connectivity index (χ2n) is 7.69. The number of pyridine rings is 2. The Morgan fingerprint density at radius 1 is 1.31 bits per heavy atom. The van der Waals surface area contributed by atoms with E-state index in [1.807, 2.05) is 24.3 Å². The van der Waals surface area contributed by atoms with E-state index < -0.39 is 17.7 Å². The fraction of sp³-hybridized carbons (Fsp3) is 0.318. The number of cyclic esters (lactones) is 1. The molecule has 3 aromatic rings. The third-order valence-corrected chi connectivity index (χ3v) is 6.04. The van der Waals surface area contributed by atoms with E-state index in [2.05, 4.69) is 0 Å². The van der Waals surface area contributed by atoms with Gasteiger partial charge in [0.2, 0.25) is 0 Å². The smallest absolute Gasteiger partial charge is 0.343 e. The molecular formula is C22H20N2O5. The van der Waals surface area contributed by atoms with Crippen molar-refractivity contribution in [2.24, 2.45) is 0 Å². The molecule has 0 radical (unpaired) electrons. The fourth-order valence-electron chi connectivity index (χ4n) is 4.39. The van der Waals surface area contributed by atoms with Crippen LogP contribution in [0.3, 0.4) is 0 Å². The molecule has 2 atom stereocenters. The number of aromatic nitrogens is 2. The summed E-state index contributed by atoms with van der Waals surface area (Å²) in [6.45, 7) is 3.58. The predicted molar refractivity (Wildman–Crippen MR) is 105 cm³/mol. The van der Waals surface area contributed by atoms with Crippen molar-refractivity contribution in [2.45, 2.75) is 45.1 Å². The minimum Gasteiger partial charge on any atom is -0.458 e. The molecule has 0 saturated heterocycles. The highest BCUT2D eigenvalue weighted by Crippen LogP contribution is 2.39. The molecule has 29 heavy (non-hydrogen) atoms. The molecule has 1 aromatic carbocycles. The van der Waals surface area contributed by atoms with Crippen LogP contribution in [-0.4, -0.2) is 25.7 Å². The lowest BCUT2D eigenvalue weighted by Crippen LogP contribution is -2.44. The standard InChI is InChI=1S/C22H20N2O5/c1-3-22(28)16-8-18-19-12(9-24(18)20(26)15(16)10-29-21(22)27)7-14-13(11(2)25)5-4-6-17(14)23-19/h4-8,11,25,28H,3,9-10H2,1-2H3/t11?,22-/m0/s1. The average molecular weight is 392 g/mol. The quantitative estimate of drug-likeness (QED) is 0.507. The monoisotopic (exact) mass is 392 g/mol. The molecule has 0 bridgehead atoms. The fourth-order valence-corrected chi connectivity index (χ4v) is 4.39. The number of aliphatic hydroxyl groups excluding tert-OH is 1. The van der Waals surface area contributed by atoms with Crippen LogP contribution in [0.2, 0.25) is 0 Å². The molecule has 0 fully saturated rings. The van der Waals surface area contributed by atoms with Gasteiger partial charge in [-0.3, -0.25) is 4.79 Å². The Bertz CT molecular complexity index is 1260. The van der Waals surface area contributed by atoms with Crippen LogP contribution in [0.4, 0.5) is 0 Å². The van der Waals surface area contributed by atoms with Gasteiger partial charge in [0.25, 0.3) is 5.56 Å². The van der Waals surface area contributed by atoms with E-state index in [1.165, 1.54) is 0 Å². The molecule has 2 aromatic heterocycles. The number of rotatable bonds is 2. The Kier molecular flexibility index (Phi) is 3.72. The molecular weight excluding hydrogens is 372 g/mol. The number of carbonyl (C=O) groups excluding carboxylic acids is 1. The van der Waals surface area contributed by atoms with Crippen molar-refractivity contribution in [3.8, 4) is 11.4 Å². The molecule has 4 heterocycles. The first-order valence-corrected chi connectivity index (χ1v) is 9.63. The summed E-state index contributed by atoms with van der Waals surface area (Å²) in [5.41, 5.74) is 2.08. The molecule has 7 nitrogen and oxygen atoms in total. The molecule has 0 aliphatic carbocycles. The summed E-state index contributed by atoms with van der Waals surface area (Å²) in [5.74, 6) is -0.733. The van der Waals surface area contributed by atoms with Crippen LogP contribution in [0.25, 0.3) is 22.3 Å². The highest BCUT2D eigenvalue weighted by Gasteiger charge is 2.45. The largest absolute Gasteiger partial charge is 0.458 e. The summed E-state index contributed by atoms with van der Waals surface area (Å²) in [4.78, 5) is 30.1. The molecule has 2 N–H and O–H groups in total. The van der Waals surface area contributed by atoms with Crippen LogP contribution < -0.4 is 5.56 Å². The Labute approximate surface area is 166 Å². The Morgan fingerprint density at radius 3 is 2.83 bits per heavy atom. The summed E-state index contributed by atoms with van der Waals surface area (Å²) >= 11 is 0. The Balaban J connectivity index is 1.78. The van der Waals surface area contributed by atoms with Crippen LogP contribution in [-0.2, 0) is 28.3 Å². The van der Waals surface area contributed by atoms with E-state index in [0.29, 0.717) is 34.6 Å². The van der Waals surface area contributed by atoms with Crippen LogP contribution in [0.15, 0.2) is 35.1 Å². The second kappa shape index (κ2) is 5.98. The first kappa shape index (κ1) is 18.0. The van der Waals surface area contributed by atoms with Gasteiger partial charge in [-0.25, -0.2) is 9.78 Å². The molecule has 0 amide bonds. The minimum atomic E-state index is -1.83. The zero-order chi connectivity index (χ0) is 20.5. The molecule has 1 unspecified atom stereocenters. The van der Waals surface area contributed by atoms with E-state index in [1.54, 1.807) is 24.5 Å². The maximum Gasteiger partial charge on any atom is 0.343 e. The molecule has 5 rings (SSSR count). The Hall–Kier alpha value is -3.03. The van der Waals surface area contributed by atoms with Gasteiger partial charge in [-0.05, 0) is 37.1 Å². The lowest BCUT2D eigenvalue weighted by atomic mass is 9.86. The number of hydrogen-bond donors (Lipinski definition) is 2. The lowest BCUT2D eigenvalue weighted by molar-refractivity contribution is -0.172. The number of esters is 1. The highest BCUT2D eigenvalue weighted by atomic mass is 16.6. The summed E-state index contributed by atoms with van der Waals surface area (Å²) in [6, 6.07) is 9.21. The van der Waals surface area contributed by atoms with Crippen LogP contribution in [0, 0.1) is 0 Å². The highest BCUT2D eigenvalue weighted by molar-refractivity contribution is 5.88. The van der Waals surface area contributed by atoms with Crippen molar-refractivity contribution >= 4 is 16.9 Å². The lowest BCUT2D eigenvalue weighted by Gasteiger charge is -2.31. The predicted octanol–water partition coefficient (Wildman–Crippen LogP) is 2.13. The van der Waals surface area contributed by atoms with E-state index in [4.69, 9.17) is 9.72 Å². The first-order chi connectivity index (χ1) is 13.8. The van der Waals surface area contributed by atoms with E-state index in [0.717, 1.165) is 16.5 Å². The molecule has 2 aliphatic heterocycles. The maximum atomic E-state index is 13.1. The summed E-state index contributed by atoms with van der Waals surface area (Å²) < 4.78 is 6.69. The molecule has 2 aliphatic rings. The van der Waals surface area contributed by atoms with Gasteiger partial charge in [0.15, 0.2) is 5.60 Å². The molecule has 7 heteroatoms. The third kappa shape index (κ3) is 2.34. The number of hydrogen-bond acceptors (Lipinski definition) is 6. The number of nitrogens with zero attached hydrogens (tertiary/aromatic N) is 2. The molecule has 148 valence electrons.